The Morgan fingerprint density at radius 2 is 2.17 bits per heavy atom. The number of nitrogens with zero attached hydrogens (tertiary/aromatic N) is 1. The Morgan fingerprint density at radius 1 is 1.44 bits per heavy atom. The van der Waals surface area contributed by atoms with Crippen molar-refractivity contribution in [2.75, 3.05) is 20.2 Å². The van der Waals surface area contributed by atoms with Crippen LogP contribution in [0.25, 0.3) is 0 Å². The highest BCUT2D eigenvalue weighted by atomic mass is 79.9. The number of likely N-dealkylation sites (tertiary alicyclic amines) is 1. The van der Waals surface area contributed by atoms with Gasteiger partial charge in [-0.3, -0.25) is 4.79 Å². The normalized spacial score (nSPS) is 19.3. The lowest BCUT2D eigenvalue weighted by molar-refractivity contribution is 0.0720. The summed E-state index contributed by atoms with van der Waals surface area (Å²) in [5, 5.41) is 0. The molecule has 1 heterocycles. The maximum absolute atomic E-state index is 13.6. The summed E-state index contributed by atoms with van der Waals surface area (Å²) in [5.41, 5.74) is -0.125. The monoisotopic (exact) mass is 319 g/mol. The summed E-state index contributed by atoms with van der Waals surface area (Å²) >= 11 is 2.95. The van der Waals surface area contributed by atoms with Gasteiger partial charge in [0.2, 0.25) is 0 Å². The molecule has 1 aromatic rings. The third-order valence-electron chi connectivity index (χ3n) is 3.01. The molecule has 0 N–H and O–H groups in total. The largest absolute Gasteiger partial charge is 0.380 e. The van der Waals surface area contributed by atoms with Gasteiger partial charge in [0.05, 0.1) is 16.1 Å². The Hall–Kier alpha value is -1.01. The lowest BCUT2D eigenvalue weighted by Gasteiger charge is -2.16. The Labute approximate surface area is 112 Å². The average Bonchev–Trinajstić information content (AvgIpc) is 2.81. The van der Waals surface area contributed by atoms with E-state index in [1.165, 1.54) is 11.0 Å². The molecule has 1 aliphatic heterocycles. The average molecular weight is 320 g/mol. The van der Waals surface area contributed by atoms with Crippen molar-refractivity contribution in [3.8, 4) is 0 Å². The van der Waals surface area contributed by atoms with Gasteiger partial charge in [-0.15, -0.1) is 0 Å². The predicted octanol–water partition coefficient (Wildman–Crippen LogP) is 2.59. The first-order chi connectivity index (χ1) is 8.52. The molecule has 1 saturated heterocycles. The Balaban J connectivity index is 2.22. The van der Waals surface area contributed by atoms with Crippen LogP contribution in [-0.4, -0.2) is 37.1 Å². The van der Waals surface area contributed by atoms with E-state index < -0.39 is 17.5 Å². The van der Waals surface area contributed by atoms with Crippen LogP contribution in [0.1, 0.15) is 16.8 Å². The minimum atomic E-state index is -0.846. The highest BCUT2D eigenvalue weighted by molar-refractivity contribution is 9.10. The molecule has 1 amide bonds. The highest BCUT2D eigenvalue weighted by Gasteiger charge is 2.28. The Kier molecular flexibility index (Phi) is 3.97. The molecule has 6 heteroatoms. The molecule has 2 rings (SSSR count). The van der Waals surface area contributed by atoms with Gasteiger partial charge >= 0.3 is 0 Å². The van der Waals surface area contributed by atoms with Crippen LogP contribution in [0, 0.1) is 11.6 Å². The van der Waals surface area contributed by atoms with Gasteiger partial charge < -0.3 is 9.64 Å². The van der Waals surface area contributed by atoms with E-state index in [-0.39, 0.29) is 16.1 Å². The number of hydrogen-bond acceptors (Lipinski definition) is 2. The van der Waals surface area contributed by atoms with E-state index >= 15 is 0 Å². The van der Waals surface area contributed by atoms with Crippen molar-refractivity contribution in [3.05, 3.63) is 33.8 Å². The zero-order chi connectivity index (χ0) is 13.3. The van der Waals surface area contributed by atoms with Crippen molar-refractivity contribution < 1.29 is 18.3 Å². The van der Waals surface area contributed by atoms with Crippen molar-refractivity contribution in [3.63, 3.8) is 0 Å². The molecule has 0 unspecified atom stereocenters. The maximum atomic E-state index is 13.6. The molecule has 1 aliphatic rings. The first kappa shape index (κ1) is 13.4. The zero-order valence-electron chi connectivity index (χ0n) is 9.75. The Bertz CT molecular complexity index is 481. The van der Waals surface area contributed by atoms with E-state index in [1.807, 2.05) is 0 Å². The smallest absolute Gasteiger partial charge is 0.256 e. The lowest BCUT2D eigenvalue weighted by atomic mass is 10.2. The molecule has 98 valence electrons. The molecule has 1 aromatic carbocycles. The summed E-state index contributed by atoms with van der Waals surface area (Å²) in [4.78, 5) is 13.6. The molecule has 0 radical (unpaired) electrons. The van der Waals surface area contributed by atoms with Crippen molar-refractivity contribution in [2.45, 2.75) is 12.5 Å². The van der Waals surface area contributed by atoms with E-state index in [2.05, 4.69) is 15.9 Å². The predicted molar refractivity (Wildman–Crippen MR) is 65.4 cm³/mol. The summed E-state index contributed by atoms with van der Waals surface area (Å²) in [7, 11) is 1.58. The van der Waals surface area contributed by atoms with Crippen LogP contribution in [0.3, 0.4) is 0 Å². The zero-order valence-corrected chi connectivity index (χ0v) is 11.3. The minimum Gasteiger partial charge on any atom is -0.380 e. The second kappa shape index (κ2) is 5.32. The Morgan fingerprint density at radius 3 is 2.78 bits per heavy atom. The molecule has 1 atom stereocenters. The van der Waals surface area contributed by atoms with Gasteiger partial charge in [-0.2, -0.15) is 0 Å². The standard InChI is InChI=1S/C12H12BrF2NO2/c1-18-7-2-3-16(6-7)12(17)8-4-9(13)11(15)5-10(8)14/h4-5,7H,2-3,6H2,1H3/t7-/m1/s1. The molecule has 0 aromatic heterocycles. The van der Waals surface area contributed by atoms with Gasteiger partial charge in [-0.1, -0.05) is 0 Å². The summed E-state index contributed by atoms with van der Waals surface area (Å²) in [6.07, 6.45) is 0.715. The van der Waals surface area contributed by atoms with Crippen LogP contribution in [-0.2, 0) is 4.74 Å². The molecule has 0 aliphatic carbocycles. The second-order valence-electron chi connectivity index (χ2n) is 4.14. The molecular weight excluding hydrogens is 308 g/mol. The molecular formula is C12H12BrF2NO2. The fourth-order valence-electron chi connectivity index (χ4n) is 1.96. The summed E-state index contributed by atoms with van der Waals surface area (Å²) < 4.78 is 31.9. The van der Waals surface area contributed by atoms with Gasteiger partial charge in [0.25, 0.3) is 5.91 Å². The third kappa shape index (κ3) is 2.54. The van der Waals surface area contributed by atoms with E-state index in [1.54, 1.807) is 7.11 Å². The molecule has 3 nitrogen and oxygen atoms in total. The first-order valence-electron chi connectivity index (χ1n) is 5.49. The first-order valence-corrected chi connectivity index (χ1v) is 6.29. The number of carbonyl (C=O) groups is 1. The van der Waals surface area contributed by atoms with Crippen molar-refractivity contribution in [1.29, 1.82) is 0 Å². The quantitative estimate of drug-likeness (QED) is 0.784. The number of carbonyl (C=O) groups excluding carboxylic acids is 1. The number of amides is 1. The number of hydrogen-bond donors (Lipinski definition) is 0. The molecule has 0 bridgehead atoms. The molecule has 0 saturated carbocycles. The van der Waals surface area contributed by atoms with Gasteiger partial charge in [0, 0.05) is 26.3 Å². The molecule has 0 spiro atoms. The van der Waals surface area contributed by atoms with E-state index in [9.17, 15) is 13.6 Å². The van der Waals surface area contributed by atoms with Gasteiger partial charge in [-0.25, -0.2) is 8.78 Å². The van der Waals surface area contributed by atoms with Crippen LogP contribution in [0.15, 0.2) is 16.6 Å². The number of benzene rings is 1. The van der Waals surface area contributed by atoms with Gasteiger partial charge in [0.15, 0.2) is 0 Å². The number of ether oxygens (including phenoxy) is 1. The fourth-order valence-corrected chi connectivity index (χ4v) is 2.31. The fraction of sp³-hybridized carbons (Fsp3) is 0.417. The molecule has 18 heavy (non-hydrogen) atoms. The van der Waals surface area contributed by atoms with Gasteiger partial charge in [0.1, 0.15) is 11.6 Å². The number of methoxy groups -OCH3 is 1. The topological polar surface area (TPSA) is 29.5 Å². The maximum Gasteiger partial charge on any atom is 0.256 e. The van der Waals surface area contributed by atoms with E-state index in [0.29, 0.717) is 19.2 Å². The third-order valence-corrected chi connectivity index (χ3v) is 3.61. The SMILES string of the molecule is CO[C@@H]1CCN(C(=O)c2cc(Br)c(F)cc2F)C1. The van der Waals surface area contributed by atoms with E-state index in [0.717, 1.165) is 6.42 Å². The lowest BCUT2D eigenvalue weighted by Crippen LogP contribution is -2.30. The summed E-state index contributed by atoms with van der Waals surface area (Å²) in [6.45, 7) is 0.954. The van der Waals surface area contributed by atoms with Gasteiger partial charge in [-0.05, 0) is 28.4 Å². The second-order valence-corrected chi connectivity index (χ2v) is 5.00. The number of rotatable bonds is 2. The number of halogens is 3. The highest BCUT2D eigenvalue weighted by Crippen LogP contribution is 2.23. The van der Waals surface area contributed by atoms with Crippen LogP contribution < -0.4 is 0 Å². The minimum absolute atomic E-state index is 0.0131. The van der Waals surface area contributed by atoms with Crippen LogP contribution in [0.2, 0.25) is 0 Å². The van der Waals surface area contributed by atoms with Crippen LogP contribution >= 0.6 is 15.9 Å². The van der Waals surface area contributed by atoms with Crippen molar-refractivity contribution >= 4 is 21.8 Å². The van der Waals surface area contributed by atoms with Crippen molar-refractivity contribution in [1.82, 2.24) is 4.90 Å². The van der Waals surface area contributed by atoms with Crippen molar-refractivity contribution in [2.24, 2.45) is 0 Å². The van der Waals surface area contributed by atoms with E-state index in [4.69, 9.17) is 4.74 Å². The summed E-state index contributed by atoms with van der Waals surface area (Å²) in [5.74, 6) is -2.01. The summed E-state index contributed by atoms with van der Waals surface area (Å²) in [6, 6.07) is 1.88. The molecule has 1 fully saturated rings. The van der Waals surface area contributed by atoms with Crippen LogP contribution in [0.5, 0.6) is 0 Å². The van der Waals surface area contributed by atoms with Crippen LogP contribution in [0.4, 0.5) is 8.78 Å².